The van der Waals surface area contributed by atoms with Crippen LogP contribution in [-0.4, -0.2) is 30.5 Å². The quantitative estimate of drug-likeness (QED) is 0.815. The second-order valence-electron chi connectivity index (χ2n) is 5.20. The van der Waals surface area contributed by atoms with Gasteiger partial charge in [0.05, 0.1) is 6.61 Å². The molecule has 0 unspecified atom stereocenters. The molecule has 0 radical (unpaired) electrons. The molecule has 0 N–H and O–H groups in total. The SMILES string of the molecule is CCCC(=O)N1CCC(COc2ccccc2)CC1. The van der Waals surface area contributed by atoms with Gasteiger partial charge >= 0.3 is 0 Å². The van der Waals surface area contributed by atoms with Crippen molar-refractivity contribution in [2.75, 3.05) is 19.7 Å². The van der Waals surface area contributed by atoms with Crippen LogP contribution in [0.25, 0.3) is 0 Å². The second kappa shape index (κ2) is 7.17. The van der Waals surface area contributed by atoms with E-state index in [2.05, 4.69) is 6.92 Å². The molecule has 104 valence electrons. The van der Waals surface area contributed by atoms with Gasteiger partial charge in [0.2, 0.25) is 5.91 Å². The molecule has 1 fully saturated rings. The zero-order valence-electron chi connectivity index (χ0n) is 11.7. The number of nitrogens with zero attached hydrogens (tertiary/aromatic N) is 1. The third kappa shape index (κ3) is 4.27. The van der Waals surface area contributed by atoms with Crippen molar-refractivity contribution in [3.63, 3.8) is 0 Å². The summed E-state index contributed by atoms with van der Waals surface area (Å²) in [6, 6.07) is 9.94. The van der Waals surface area contributed by atoms with Gasteiger partial charge in [-0.1, -0.05) is 25.1 Å². The van der Waals surface area contributed by atoms with Gasteiger partial charge in [0, 0.05) is 19.5 Å². The third-order valence-electron chi connectivity index (χ3n) is 3.66. The topological polar surface area (TPSA) is 29.5 Å². The second-order valence-corrected chi connectivity index (χ2v) is 5.20. The number of benzene rings is 1. The van der Waals surface area contributed by atoms with Crippen molar-refractivity contribution in [3.05, 3.63) is 30.3 Å². The van der Waals surface area contributed by atoms with Gasteiger partial charge < -0.3 is 9.64 Å². The Hall–Kier alpha value is -1.51. The van der Waals surface area contributed by atoms with Crippen LogP contribution in [0.4, 0.5) is 0 Å². The zero-order chi connectivity index (χ0) is 13.5. The Bertz CT molecular complexity index is 383. The molecule has 0 spiro atoms. The third-order valence-corrected chi connectivity index (χ3v) is 3.66. The van der Waals surface area contributed by atoms with Gasteiger partial charge in [-0.2, -0.15) is 0 Å². The van der Waals surface area contributed by atoms with Gasteiger partial charge in [0.1, 0.15) is 5.75 Å². The summed E-state index contributed by atoms with van der Waals surface area (Å²) in [5.74, 6) is 1.82. The zero-order valence-corrected chi connectivity index (χ0v) is 11.7. The molecule has 3 nitrogen and oxygen atoms in total. The van der Waals surface area contributed by atoms with Crippen LogP contribution in [0, 0.1) is 5.92 Å². The Morgan fingerprint density at radius 3 is 2.58 bits per heavy atom. The van der Waals surface area contributed by atoms with Crippen LogP contribution < -0.4 is 4.74 Å². The van der Waals surface area contributed by atoms with E-state index < -0.39 is 0 Å². The van der Waals surface area contributed by atoms with Crippen molar-refractivity contribution in [1.82, 2.24) is 4.90 Å². The van der Waals surface area contributed by atoms with Crippen LogP contribution in [0.15, 0.2) is 30.3 Å². The highest BCUT2D eigenvalue weighted by Gasteiger charge is 2.22. The molecule has 1 aromatic rings. The molecule has 3 heteroatoms. The van der Waals surface area contributed by atoms with Crippen LogP contribution in [0.5, 0.6) is 5.75 Å². The standard InChI is InChI=1S/C16H23NO2/c1-2-6-16(18)17-11-9-14(10-12-17)13-19-15-7-4-3-5-8-15/h3-5,7-8,14H,2,6,9-13H2,1H3. The van der Waals surface area contributed by atoms with Crippen molar-refractivity contribution in [2.24, 2.45) is 5.92 Å². The Labute approximate surface area is 115 Å². The Morgan fingerprint density at radius 2 is 1.95 bits per heavy atom. The van der Waals surface area contributed by atoms with E-state index in [1.807, 2.05) is 35.2 Å². The van der Waals surface area contributed by atoms with E-state index in [0.717, 1.165) is 44.7 Å². The van der Waals surface area contributed by atoms with E-state index in [1.165, 1.54) is 0 Å². The van der Waals surface area contributed by atoms with Crippen molar-refractivity contribution in [1.29, 1.82) is 0 Å². The lowest BCUT2D eigenvalue weighted by Gasteiger charge is -2.32. The number of likely N-dealkylation sites (tertiary alicyclic amines) is 1. The molecule has 0 saturated carbocycles. The molecular formula is C16H23NO2. The van der Waals surface area contributed by atoms with Gasteiger partial charge in [-0.25, -0.2) is 0 Å². The summed E-state index contributed by atoms with van der Waals surface area (Å²) in [6.07, 6.45) is 3.74. The highest BCUT2D eigenvalue weighted by atomic mass is 16.5. The highest BCUT2D eigenvalue weighted by molar-refractivity contribution is 5.76. The molecular weight excluding hydrogens is 238 g/mol. The fraction of sp³-hybridized carbons (Fsp3) is 0.562. The molecule has 2 rings (SSSR count). The maximum absolute atomic E-state index is 11.8. The summed E-state index contributed by atoms with van der Waals surface area (Å²) in [5, 5.41) is 0. The fourth-order valence-electron chi connectivity index (χ4n) is 2.45. The molecule has 0 atom stereocenters. The molecule has 0 bridgehead atoms. The van der Waals surface area contributed by atoms with Gasteiger partial charge in [-0.05, 0) is 37.3 Å². The predicted octanol–water partition coefficient (Wildman–Crippen LogP) is 3.10. The smallest absolute Gasteiger partial charge is 0.222 e. The number of ether oxygens (including phenoxy) is 1. The maximum Gasteiger partial charge on any atom is 0.222 e. The van der Waals surface area contributed by atoms with E-state index in [-0.39, 0.29) is 0 Å². The first kappa shape index (κ1) is 13.9. The molecule has 1 amide bonds. The number of rotatable bonds is 5. The summed E-state index contributed by atoms with van der Waals surface area (Å²) in [7, 11) is 0. The van der Waals surface area contributed by atoms with Crippen molar-refractivity contribution < 1.29 is 9.53 Å². The molecule has 1 aliphatic heterocycles. The molecule has 1 saturated heterocycles. The lowest BCUT2D eigenvalue weighted by atomic mass is 9.97. The minimum Gasteiger partial charge on any atom is -0.493 e. The molecule has 1 aliphatic rings. The Kier molecular flexibility index (Phi) is 5.25. The van der Waals surface area contributed by atoms with Gasteiger partial charge in [-0.15, -0.1) is 0 Å². The summed E-state index contributed by atoms with van der Waals surface area (Å²) < 4.78 is 5.79. The summed E-state index contributed by atoms with van der Waals surface area (Å²) in [6.45, 7) is 4.60. The average molecular weight is 261 g/mol. The summed E-state index contributed by atoms with van der Waals surface area (Å²) >= 11 is 0. The minimum atomic E-state index is 0.310. The molecule has 19 heavy (non-hydrogen) atoms. The average Bonchev–Trinajstić information content (AvgIpc) is 2.47. The number of hydrogen-bond donors (Lipinski definition) is 0. The lowest BCUT2D eigenvalue weighted by Crippen LogP contribution is -2.39. The maximum atomic E-state index is 11.8. The largest absolute Gasteiger partial charge is 0.493 e. The van der Waals surface area contributed by atoms with Crippen LogP contribution in [0.1, 0.15) is 32.6 Å². The number of para-hydroxylation sites is 1. The normalized spacial score (nSPS) is 16.4. The van der Waals surface area contributed by atoms with Crippen molar-refractivity contribution >= 4 is 5.91 Å². The van der Waals surface area contributed by atoms with Crippen LogP contribution in [0.2, 0.25) is 0 Å². The fourth-order valence-corrected chi connectivity index (χ4v) is 2.45. The molecule has 0 aromatic heterocycles. The number of hydrogen-bond acceptors (Lipinski definition) is 2. The van der Waals surface area contributed by atoms with Gasteiger partial charge in [0.25, 0.3) is 0 Å². The monoisotopic (exact) mass is 261 g/mol. The first-order chi connectivity index (χ1) is 9.29. The highest BCUT2D eigenvalue weighted by Crippen LogP contribution is 2.20. The van der Waals surface area contributed by atoms with Crippen LogP contribution >= 0.6 is 0 Å². The lowest BCUT2D eigenvalue weighted by molar-refractivity contribution is -0.132. The van der Waals surface area contributed by atoms with Crippen molar-refractivity contribution in [3.8, 4) is 5.75 Å². The van der Waals surface area contributed by atoms with E-state index in [1.54, 1.807) is 0 Å². The van der Waals surface area contributed by atoms with Crippen molar-refractivity contribution in [2.45, 2.75) is 32.6 Å². The van der Waals surface area contributed by atoms with E-state index in [0.29, 0.717) is 18.2 Å². The number of carbonyl (C=O) groups excluding carboxylic acids is 1. The van der Waals surface area contributed by atoms with E-state index in [9.17, 15) is 4.79 Å². The number of carbonyl (C=O) groups is 1. The Morgan fingerprint density at radius 1 is 1.26 bits per heavy atom. The van der Waals surface area contributed by atoms with Gasteiger partial charge in [0.15, 0.2) is 0 Å². The number of piperidine rings is 1. The first-order valence-corrected chi connectivity index (χ1v) is 7.25. The first-order valence-electron chi connectivity index (χ1n) is 7.25. The van der Waals surface area contributed by atoms with E-state index >= 15 is 0 Å². The van der Waals surface area contributed by atoms with Gasteiger partial charge in [-0.3, -0.25) is 4.79 Å². The minimum absolute atomic E-state index is 0.310. The van der Waals surface area contributed by atoms with Crippen LogP contribution in [0.3, 0.4) is 0 Å². The number of amides is 1. The van der Waals surface area contributed by atoms with E-state index in [4.69, 9.17) is 4.74 Å². The van der Waals surface area contributed by atoms with Crippen LogP contribution in [-0.2, 0) is 4.79 Å². The Balaban J connectivity index is 1.70. The molecule has 1 aromatic carbocycles. The summed E-state index contributed by atoms with van der Waals surface area (Å²) in [5.41, 5.74) is 0. The molecule has 1 heterocycles. The predicted molar refractivity (Wildman–Crippen MR) is 76.1 cm³/mol. The summed E-state index contributed by atoms with van der Waals surface area (Å²) in [4.78, 5) is 13.8. The molecule has 0 aliphatic carbocycles.